The van der Waals surface area contributed by atoms with Crippen molar-refractivity contribution in [2.75, 3.05) is 66.6 Å². The van der Waals surface area contributed by atoms with Crippen molar-refractivity contribution >= 4 is 35.3 Å². The molecule has 1 rings (SSSR count). The van der Waals surface area contributed by atoms with E-state index < -0.39 is 112 Å². The molecule has 1 aliphatic rings. The molecule has 3 N–H and O–H groups in total. The van der Waals surface area contributed by atoms with Crippen LogP contribution in [0.1, 0.15) is 41.0 Å². The van der Waals surface area contributed by atoms with E-state index in [0.29, 0.717) is 13.0 Å². The minimum atomic E-state index is -2.59. The number of hydrogen-bond donors (Lipinski definition) is 3. The van der Waals surface area contributed by atoms with Crippen LogP contribution in [0.25, 0.3) is 0 Å². The molecular formula is C30H49ClN8O32. The Kier molecular flexibility index (Phi) is 37.6. The molecular weight excluding hydrogens is 1020 g/mol. The fraction of sp³-hybridized carbons (Fsp3) is 0.733. The normalized spacial score (nSPS) is 12.5. The lowest BCUT2D eigenvalue weighted by Crippen LogP contribution is -2.48. The number of methoxy groups -OCH3 is 1. The Morgan fingerprint density at radius 3 is 1.18 bits per heavy atom. The molecule has 0 bridgehead atoms. The molecule has 1 heterocycles. The Hall–Kier alpha value is -7.95. The van der Waals surface area contributed by atoms with Crippen molar-refractivity contribution in [3.8, 4) is 0 Å². The minimum Gasteiger partial charge on any atom is -0.493 e. The molecule has 0 saturated carbocycles. The topological polar surface area (TPSA) is 560 Å². The SMILES string of the molecule is C=CCOC(=O)OCC(C)([N+](=O)[O-])[N+](=O)[O-].C=COCC(=O)Cl.CC(CO)([N+](=O)[O-])[N+](=O)[O-].CC(COC(=O)OCC1CO1)([N+](=O)[O-])[N+](=O)[O-].CCC(COC(=O)OCC(C)([N+](=O)[O-])[N+](=O)[O-])OC.OO. The minimum absolute atomic E-state index is 0.0352. The zero-order valence-corrected chi connectivity index (χ0v) is 38.7. The number of carbonyl (C=O) groups is 4. The van der Waals surface area contributed by atoms with Gasteiger partial charge in [-0.3, -0.25) is 96.2 Å². The predicted molar refractivity (Wildman–Crippen MR) is 222 cm³/mol. The van der Waals surface area contributed by atoms with E-state index in [4.69, 9.17) is 36.7 Å². The van der Waals surface area contributed by atoms with Crippen molar-refractivity contribution < 1.29 is 117 Å². The maximum Gasteiger partial charge on any atom is 0.509 e. The lowest BCUT2D eigenvalue weighted by molar-refractivity contribution is -0.793. The van der Waals surface area contributed by atoms with Gasteiger partial charge in [0.05, 0.1) is 46.7 Å². The number of aliphatic hydroxyl groups is 1. The van der Waals surface area contributed by atoms with Gasteiger partial charge in [0.15, 0.2) is 13.2 Å². The Balaban J connectivity index is -0.000000262. The maximum absolute atomic E-state index is 11.1. The van der Waals surface area contributed by atoms with Crippen LogP contribution in [-0.4, -0.2) is 180 Å². The highest BCUT2D eigenvalue weighted by Gasteiger charge is 2.54. The molecule has 0 amide bonds. The molecule has 0 aliphatic carbocycles. The van der Waals surface area contributed by atoms with Gasteiger partial charge in [-0.05, 0) is 18.0 Å². The zero-order chi connectivity index (χ0) is 56.9. The molecule has 1 fully saturated rings. The molecule has 1 aliphatic heterocycles. The lowest BCUT2D eigenvalue weighted by atomic mass is 10.2. The number of nitrogens with zero attached hydrogens (tertiary/aromatic N) is 8. The first kappa shape index (κ1) is 72.0. The second kappa shape index (κ2) is 37.0. The molecule has 0 aromatic rings. The molecule has 40 nitrogen and oxygen atoms in total. The molecule has 0 spiro atoms. The Morgan fingerprint density at radius 1 is 0.648 bits per heavy atom. The number of carbonyl (C=O) groups excluding carboxylic acids is 4. The molecule has 0 aromatic carbocycles. The molecule has 2 unspecified atom stereocenters. The van der Waals surface area contributed by atoms with Gasteiger partial charge >= 0.3 is 41.1 Å². The van der Waals surface area contributed by atoms with Crippen LogP contribution >= 0.6 is 11.6 Å². The quantitative estimate of drug-likeness (QED) is 0.0105. The summed E-state index contributed by atoms with van der Waals surface area (Å²) in [7, 11) is 1.43. The van der Waals surface area contributed by atoms with Crippen molar-refractivity contribution in [2.24, 2.45) is 0 Å². The van der Waals surface area contributed by atoms with Crippen LogP contribution < -0.4 is 0 Å². The molecule has 1 saturated heterocycles. The largest absolute Gasteiger partial charge is 0.509 e. The molecule has 0 radical (unpaired) electrons. The van der Waals surface area contributed by atoms with Crippen LogP contribution in [0, 0.1) is 80.9 Å². The van der Waals surface area contributed by atoms with E-state index in [2.05, 4.69) is 46.3 Å². The van der Waals surface area contributed by atoms with Crippen molar-refractivity contribution in [1.29, 1.82) is 0 Å². The van der Waals surface area contributed by atoms with Gasteiger partial charge in [-0.25, -0.2) is 14.4 Å². The smallest absolute Gasteiger partial charge is 0.493 e. The number of halogens is 1. The van der Waals surface area contributed by atoms with Crippen molar-refractivity contribution in [1.82, 2.24) is 0 Å². The highest BCUT2D eigenvalue weighted by atomic mass is 35.5. The Bertz CT molecular complexity index is 1760. The van der Waals surface area contributed by atoms with Gasteiger partial charge in [-0.15, -0.1) is 0 Å². The third-order valence-corrected chi connectivity index (χ3v) is 7.54. The van der Waals surface area contributed by atoms with Crippen molar-refractivity contribution in [2.45, 2.75) is 75.9 Å². The Morgan fingerprint density at radius 2 is 0.972 bits per heavy atom. The monoisotopic (exact) mass is 1070 g/mol. The summed E-state index contributed by atoms with van der Waals surface area (Å²) < 4.78 is 40.4. The van der Waals surface area contributed by atoms with Crippen LogP contribution in [-0.2, 0) is 47.4 Å². The van der Waals surface area contributed by atoms with Crippen LogP contribution in [0.4, 0.5) is 14.4 Å². The van der Waals surface area contributed by atoms with Crippen LogP contribution in [0.2, 0.25) is 0 Å². The molecule has 408 valence electrons. The summed E-state index contributed by atoms with van der Waals surface area (Å²) in [6.07, 6.45) is -1.15. The third kappa shape index (κ3) is 30.2. The number of aliphatic hydroxyl groups excluding tert-OH is 1. The summed E-state index contributed by atoms with van der Waals surface area (Å²) in [4.78, 5) is 116. The second-order valence-corrected chi connectivity index (χ2v) is 13.4. The van der Waals surface area contributed by atoms with Gasteiger partial charge < -0.3 is 47.7 Å². The van der Waals surface area contributed by atoms with Crippen molar-refractivity contribution in [3.05, 3.63) is 106 Å². The van der Waals surface area contributed by atoms with Gasteiger partial charge in [0.1, 0.15) is 65.3 Å². The van der Waals surface area contributed by atoms with Crippen molar-refractivity contribution in [3.63, 3.8) is 0 Å². The maximum atomic E-state index is 11.1. The van der Waals surface area contributed by atoms with E-state index in [1.54, 1.807) is 6.92 Å². The van der Waals surface area contributed by atoms with E-state index in [0.717, 1.165) is 27.7 Å². The van der Waals surface area contributed by atoms with Crippen LogP contribution in [0.15, 0.2) is 25.5 Å². The highest BCUT2D eigenvalue weighted by molar-refractivity contribution is 6.63. The summed E-state index contributed by atoms with van der Waals surface area (Å²) in [5.41, 5.74) is -10.2. The van der Waals surface area contributed by atoms with E-state index >= 15 is 0 Å². The molecule has 0 aromatic heterocycles. The number of hydrogen-bond acceptors (Lipinski definition) is 32. The molecule has 41 heteroatoms. The van der Waals surface area contributed by atoms with Crippen LogP contribution in [0.5, 0.6) is 0 Å². The van der Waals surface area contributed by atoms with Gasteiger partial charge in [0.25, 0.3) is 5.24 Å². The number of rotatable bonds is 26. The number of ether oxygens (including phenoxy) is 9. The highest BCUT2D eigenvalue weighted by Crippen LogP contribution is 2.14. The summed E-state index contributed by atoms with van der Waals surface area (Å²) in [5.74, 6) is 0. The van der Waals surface area contributed by atoms with Gasteiger partial charge in [0, 0.05) is 7.11 Å². The van der Waals surface area contributed by atoms with E-state index in [-0.39, 0.29) is 38.6 Å². The van der Waals surface area contributed by atoms with Gasteiger partial charge in [-0.1, -0.05) is 26.2 Å². The summed E-state index contributed by atoms with van der Waals surface area (Å²) >= 11 is 4.84. The zero-order valence-electron chi connectivity index (χ0n) is 37.9. The average molecular weight is 1070 g/mol. The summed E-state index contributed by atoms with van der Waals surface area (Å²) in [5, 5.41) is 102. The lowest BCUT2D eigenvalue weighted by Gasteiger charge is -2.15. The summed E-state index contributed by atoms with van der Waals surface area (Å²) in [6.45, 7) is 7.17. The standard InChI is InChI=1S/C9H16N2O8.C7H10N2O8.C7H10N2O7.C4H5ClO2.C3H6N2O5.H2O2/c1-4-7(17-3)5-18-8(12)19-6-9(2,10(13)14)11(15)16;1-7(8(11)12,9(13)14)4-17-6(10)16-3-5-2-15-5;1-3-4-15-6(10)16-5-7(2,8(11)12)9(13)14;1-2-7-3-4(5)6;1-3(2-6,4(7)8)5(9)10;1-2/h7H,4-6H2,1-3H3;5H,2-4H2,1H3;3H,1,4-5H2,2H3;2H,1,3H2;6H,2H2,1H3;1-2H. The fourth-order valence-corrected chi connectivity index (χ4v) is 2.56. The first-order valence-electron chi connectivity index (χ1n) is 18.2. The third-order valence-electron chi connectivity index (χ3n) is 7.44. The summed E-state index contributed by atoms with van der Waals surface area (Å²) in [6, 6.07) is 0. The second-order valence-electron chi connectivity index (χ2n) is 13.0. The first-order valence-corrected chi connectivity index (χ1v) is 18.6. The Labute approximate surface area is 400 Å². The predicted octanol–water partition coefficient (Wildman–Crippen LogP) is 1.42. The van der Waals surface area contributed by atoms with Crippen LogP contribution in [0.3, 0.4) is 0 Å². The van der Waals surface area contributed by atoms with Gasteiger partial charge in [0.2, 0.25) is 19.8 Å². The first-order chi connectivity index (χ1) is 32.7. The van der Waals surface area contributed by atoms with E-state index in [1.165, 1.54) is 19.4 Å². The van der Waals surface area contributed by atoms with E-state index in [1.807, 2.05) is 0 Å². The average Bonchev–Trinajstić information content (AvgIpc) is 4.15. The van der Waals surface area contributed by atoms with E-state index in [9.17, 15) is 100 Å². The fourth-order valence-electron chi connectivity index (χ4n) is 2.50. The number of epoxide rings is 1. The van der Waals surface area contributed by atoms with Gasteiger partial charge in [-0.2, -0.15) is 0 Å². The molecule has 2 atom stereocenters. The number of nitro groups is 8. The molecule has 71 heavy (non-hydrogen) atoms.